The maximum atomic E-state index is 5.85. The normalized spacial score (nSPS) is 27.6. The molecule has 0 aliphatic heterocycles. The fourth-order valence-electron chi connectivity index (χ4n) is 2.90. The maximum absolute atomic E-state index is 5.85. The highest BCUT2D eigenvalue weighted by Gasteiger charge is 2.25. The molecule has 0 saturated heterocycles. The van der Waals surface area contributed by atoms with Crippen LogP contribution in [0.1, 0.15) is 33.1 Å². The molecule has 19 heavy (non-hydrogen) atoms. The average Bonchev–Trinajstić information content (AvgIpc) is 2.87. The Bertz CT molecular complexity index is 580. The van der Waals surface area contributed by atoms with E-state index in [0.29, 0.717) is 17.2 Å². The summed E-state index contributed by atoms with van der Waals surface area (Å²) in [6.45, 7) is 4.67. The van der Waals surface area contributed by atoms with Gasteiger partial charge in [0.05, 0.1) is 11.4 Å². The molecule has 1 aliphatic carbocycles. The van der Waals surface area contributed by atoms with Crippen LogP contribution < -0.4 is 11.1 Å². The van der Waals surface area contributed by atoms with Gasteiger partial charge >= 0.3 is 0 Å². The average molecular weight is 260 g/mol. The molecule has 1 aromatic carbocycles. The van der Waals surface area contributed by atoms with Gasteiger partial charge in [-0.1, -0.05) is 13.8 Å². The van der Waals surface area contributed by atoms with Gasteiger partial charge in [0.2, 0.25) is 0 Å². The number of nitrogens with one attached hydrogen (secondary N) is 1. The summed E-state index contributed by atoms with van der Waals surface area (Å²) >= 11 is 0. The fraction of sp³-hybridized carbons (Fsp3) is 0.571. The Balaban J connectivity index is 1.82. The molecule has 3 N–H and O–H groups in total. The minimum absolute atomic E-state index is 0.495. The number of nitrogen functional groups attached to an aromatic ring is 1. The number of rotatable bonds is 2. The molecule has 1 fully saturated rings. The summed E-state index contributed by atoms with van der Waals surface area (Å²) in [4.78, 5) is 0. The molecular formula is C14H20N4O. The van der Waals surface area contributed by atoms with Gasteiger partial charge in [0.15, 0.2) is 11.0 Å². The summed E-state index contributed by atoms with van der Waals surface area (Å²) in [6, 6.07) is 4.31. The van der Waals surface area contributed by atoms with Crippen LogP contribution in [0.5, 0.6) is 0 Å². The molecule has 0 bridgehead atoms. The highest BCUT2D eigenvalue weighted by atomic mass is 16.6. The van der Waals surface area contributed by atoms with Crippen LogP contribution in [-0.4, -0.2) is 16.4 Å². The molecular weight excluding hydrogens is 240 g/mol. The number of benzene rings is 1. The van der Waals surface area contributed by atoms with Crippen molar-refractivity contribution in [1.82, 2.24) is 10.3 Å². The molecule has 0 radical (unpaired) electrons. The van der Waals surface area contributed by atoms with E-state index in [1.807, 2.05) is 12.1 Å². The molecule has 2 aromatic rings. The monoisotopic (exact) mass is 260 g/mol. The van der Waals surface area contributed by atoms with E-state index in [0.717, 1.165) is 23.0 Å². The van der Waals surface area contributed by atoms with Crippen LogP contribution in [0.4, 0.5) is 11.4 Å². The van der Waals surface area contributed by atoms with Gasteiger partial charge in [-0.25, -0.2) is 4.63 Å². The Morgan fingerprint density at radius 2 is 1.95 bits per heavy atom. The van der Waals surface area contributed by atoms with Gasteiger partial charge in [0.1, 0.15) is 0 Å². The minimum Gasteiger partial charge on any atom is -0.397 e. The van der Waals surface area contributed by atoms with E-state index in [9.17, 15) is 0 Å². The first kappa shape index (κ1) is 12.3. The van der Waals surface area contributed by atoms with E-state index in [2.05, 4.69) is 29.5 Å². The minimum atomic E-state index is 0.495. The van der Waals surface area contributed by atoms with Crippen molar-refractivity contribution in [2.75, 3.05) is 11.1 Å². The number of aromatic nitrogens is 2. The van der Waals surface area contributed by atoms with Crippen molar-refractivity contribution >= 4 is 22.4 Å². The second kappa shape index (κ2) is 4.72. The Labute approximate surface area is 112 Å². The third-order valence-corrected chi connectivity index (χ3v) is 4.40. The third-order valence-electron chi connectivity index (χ3n) is 4.40. The van der Waals surface area contributed by atoms with Crippen molar-refractivity contribution in [2.24, 2.45) is 11.8 Å². The van der Waals surface area contributed by atoms with E-state index in [1.54, 1.807) is 0 Å². The summed E-state index contributed by atoms with van der Waals surface area (Å²) in [6.07, 6.45) is 3.66. The van der Waals surface area contributed by atoms with E-state index >= 15 is 0 Å². The lowest BCUT2D eigenvalue weighted by molar-refractivity contribution is 0.261. The lowest BCUT2D eigenvalue weighted by atomic mass is 9.79. The Kier molecular flexibility index (Phi) is 3.05. The van der Waals surface area contributed by atoms with E-state index in [-0.39, 0.29) is 0 Å². The largest absolute Gasteiger partial charge is 0.397 e. The summed E-state index contributed by atoms with van der Waals surface area (Å²) in [5.74, 6) is 1.57. The number of fused-ring (bicyclic) bond motifs is 1. The van der Waals surface area contributed by atoms with Crippen molar-refractivity contribution in [1.29, 1.82) is 0 Å². The van der Waals surface area contributed by atoms with Crippen LogP contribution >= 0.6 is 0 Å². The Hall–Kier alpha value is -1.78. The highest BCUT2D eigenvalue weighted by Crippen LogP contribution is 2.33. The SMILES string of the molecule is CC1CCC(Nc2ccc(N)c3nonc23)CC1C. The molecule has 102 valence electrons. The van der Waals surface area contributed by atoms with Gasteiger partial charge in [0.25, 0.3) is 0 Å². The second-order valence-electron chi connectivity index (χ2n) is 5.77. The number of nitrogens with two attached hydrogens (primary N) is 1. The lowest BCUT2D eigenvalue weighted by Gasteiger charge is -2.33. The van der Waals surface area contributed by atoms with Crippen molar-refractivity contribution < 1.29 is 4.63 Å². The van der Waals surface area contributed by atoms with Crippen LogP contribution in [0.2, 0.25) is 0 Å². The maximum Gasteiger partial charge on any atom is 0.160 e. The lowest BCUT2D eigenvalue weighted by Crippen LogP contribution is -2.30. The zero-order valence-electron chi connectivity index (χ0n) is 11.4. The smallest absolute Gasteiger partial charge is 0.160 e. The molecule has 3 atom stereocenters. The molecule has 5 heteroatoms. The first-order chi connectivity index (χ1) is 9.15. The van der Waals surface area contributed by atoms with Gasteiger partial charge in [-0.3, -0.25) is 0 Å². The van der Waals surface area contributed by atoms with Gasteiger partial charge in [-0.2, -0.15) is 0 Å². The molecule has 0 spiro atoms. The van der Waals surface area contributed by atoms with Crippen LogP contribution in [0, 0.1) is 11.8 Å². The van der Waals surface area contributed by atoms with Crippen LogP contribution in [0.15, 0.2) is 16.8 Å². The molecule has 1 heterocycles. The number of hydrogen-bond acceptors (Lipinski definition) is 5. The van der Waals surface area contributed by atoms with Gasteiger partial charge < -0.3 is 11.1 Å². The number of nitrogens with zero attached hydrogens (tertiary/aromatic N) is 2. The highest BCUT2D eigenvalue weighted by molar-refractivity contribution is 5.95. The van der Waals surface area contributed by atoms with Crippen LogP contribution in [0.25, 0.3) is 11.0 Å². The first-order valence-corrected chi connectivity index (χ1v) is 6.92. The van der Waals surface area contributed by atoms with Gasteiger partial charge in [-0.05, 0) is 53.5 Å². The molecule has 1 saturated carbocycles. The topological polar surface area (TPSA) is 77.0 Å². The first-order valence-electron chi connectivity index (χ1n) is 6.92. The van der Waals surface area contributed by atoms with E-state index in [1.165, 1.54) is 19.3 Å². The summed E-state index contributed by atoms with van der Waals surface area (Å²) in [7, 11) is 0. The fourth-order valence-corrected chi connectivity index (χ4v) is 2.90. The summed E-state index contributed by atoms with van der Waals surface area (Å²) < 4.78 is 4.79. The molecule has 3 unspecified atom stereocenters. The van der Waals surface area contributed by atoms with Crippen LogP contribution in [0.3, 0.4) is 0 Å². The molecule has 0 amide bonds. The summed E-state index contributed by atoms with van der Waals surface area (Å²) in [5, 5.41) is 11.4. The molecule has 1 aliphatic rings. The van der Waals surface area contributed by atoms with Crippen LogP contribution in [-0.2, 0) is 0 Å². The zero-order chi connectivity index (χ0) is 13.4. The van der Waals surface area contributed by atoms with Crippen molar-refractivity contribution in [3.63, 3.8) is 0 Å². The third kappa shape index (κ3) is 2.25. The van der Waals surface area contributed by atoms with Gasteiger partial charge in [0, 0.05) is 6.04 Å². The van der Waals surface area contributed by atoms with E-state index < -0.39 is 0 Å². The zero-order valence-corrected chi connectivity index (χ0v) is 11.4. The van der Waals surface area contributed by atoms with E-state index in [4.69, 9.17) is 10.4 Å². The standard InChI is InChI=1S/C14H20N4O/c1-8-3-4-10(7-9(8)2)16-12-6-5-11(15)13-14(12)18-19-17-13/h5-6,8-10,16H,3-4,7,15H2,1-2H3. The van der Waals surface area contributed by atoms with Crippen molar-refractivity contribution in [3.05, 3.63) is 12.1 Å². The van der Waals surface area contributed by atoms with Gasteiger partial charge in [-0.15, -0.1) is 0 Å². The van der Waals surface area contributed by atoms with Crippen molar-refractivity contribution in [3.8, 4) is 0 Å². The number of anilines is 2. The predicted molar refractivity (Wildman–Crippen MR) is 75.8 cm³/mol. The quantitative estimate of drug-likeness (QED) is 0.811. The predicted octanol–water partition coefficient (Wildman–Crippen LogP) is 3.04. The Morgan fingerprint density at radius 3 is 2.74 bits per heavy atom. The summed E-state index contributed by atoms with van der Waals surface area (Å²) in [5.41, 5.74) is 8.80. The molecule has 1 aromatic heterocycles. The van der Waals surface area contributed by atoms with Crippen molar-refractivity contribution in [2.45, 2.75) is 39.2 Å². The molecule has 5 nitrogen and oxygen atoms in total. The number of hydrogen-bond donors (Lipinski definition) is 2. The second-order valence-corrected chi connectivity index (χ2v) is 5.77. The Morgan fingerprint density at radius 1 is 1.16 bits per heavy atom. The molecule has 3 rings (SSSR count).